The Labute approximate surface area is 115 Å². The average molecular weight is 283 g/mol. The number of rotatable bonds is 3. The van der Waals surface area contributed by atoms with E-state index in [2.05, 4.69) is 5.10 Å². The zero-order valence-corrected chi connectivity index (χ0v) is 11.3. The summed E-state index contributed by atoms with van der Waals surface area (Å²) in [5.74, 6) is 0. The zero-order chi connectivity index (χ0) is 14.9. The van der Waals surface area contributed by atoms with Crippen molar-refractivity contribution < 1.29 is 13.2 Å². The smallest absolute Gasteiger partial charge is 0.330 e. The lowest BCUT2D eigenvalue weighted by Gasteiger charge is -2.09. The minimum atomic E-state index is -4.32. The van der Waals surface area contributed by atoms with E-state index < -0.39 is 11.7 Å². The van der Waals surface area contributed by atoms with E-state index in [9.17, 15) is 13.2 Å². The summed E-state index contributed by atoms with van der Waals surface area (Å²) in [5, 5.41) is 4.32. The molecule has 1 aromatic heterocycles. The Kier molecular flexibility index (Phi) is 3.85. The van der Waals surface area contributed by atoms with Gasteiger partial charge in [-0.05, 0) is 32.0 Å². The van der Waals surface area contributed by atoms with Gasteiger partial charge in [-0.15, -0.1) is 0 Å². The lowest BCUT2D eigenvalue weighted by Crippen LogP contribution is -2.06. The number of aryl methyl sites for hydroxylation is 2. The van der Waals surface area contributed by atoms with Gasteiger partial charge in [0.05, 0.1) is 17.0 Å². The minimum Gasteiger partial charge on any atom is -0.330 e. The van der Waals surface area contributed by atoms with Crippen LogP contribution in [0.5, 0.6) is 0 Å². The van der Waals surface area contributed by atoms with Gasteiger partial charge in [0.2, 0.25) is 0 Å². The summed E-state index contributed by atoms with van der Waals surface area (Å²) >= 11 is 0. The molecule has 6 heteroatoms. The molecule has 0 aliphatic carbocycles. The largest absolute Gasteiger partial charge is 0.416 e. The van der Waals surface area contributed by atoms with Crippen LogP contribution in [0.1, 0.15) is 16.8 Å². The molecule has 0 radical (unpaired) electrons. The molecule has 0 aliphatic rings. The number of alkyl halides is 3. The van der Waals surface area contributed by atoms with Gasteiger partial charge < -0.3 is 5.73 Å². The molecule has 3 nitrogen and oxygen atoms in total. The summed E-state index contributed by atoms with van der Waals surface area (Å²) in [6.07, 6.45) is -3.67. The number of nitrogens with zero attached hydrogens (tertiary/aromatic N) is 2. The van der Waals surface area contributed by atoms with Crippen LogP contribution < -0.4 is 5.73 Å². The van der Waals surface area contributed by atoms with Crippen molar-refractivity contribution in [2.24, 2.45) is 12.8 Å². The van der Waals surface area contributed by atoms with Gasteiger partial charge in [-0.1, -0.05) is 12.1 Å². The highest BCUT2D eigenvalue weighted by Gasteiger charge is 2.30. The normalized spacial score (nSPS) is 11.9. The Hall–Kier alpha value is -1.82. The van der Waals surface area contributed by atoms with Crippen molar-refractivity contribution in [1.82, 2.24) is 9.78 Å². The molecule has 108 valence electrons. The Balaban J connectivity index is 2.47. The van der Waals surface area contributed by atoms with E-state index in [1.165, 1.54) is 12.1 Å². The van der Waals surface area contributed by atoms with Crippen molar-refractivity contribution in [2.45, 2.75) is 19.5 Å². The first-order chi connectivity index (χ1) is 9.34. The second kappa shape index (κ2) is 5.28. The van der Waals surface area contributed by atoms with Crippen LogP contribution >= 0.6 is 0 Å². The van der Waals surface area contributed by atoms with Gasteiger partial charge in [0.15, 0.2) is 0 Å². The van der Waals surface area contributed by atoms with Crippen LogP contribution in [0.2, 0.25) is 0 Å². The lowest BCUT2D eigenvalue weighted by molar-refractivity contribution is -0.137. The maximum atomic E-state index is 12.6. The molecule has 0 bridgehead atoms. The minimum absolute atomic E-state index is 0.472. The molecule has 1 aromatic carbocycles. The summed E-state index contributed by atoms with van der Waals surface area (Å²) < 4.78 is 39.4. The van der Waals surface area contributed by atoms with E-state index in [4.69, 9.17) is 5.73 Å². The van der Waals surface area contributed by atoms with E-state index in [-0.39, 0.29) is 0 Å². The Morgan fingerprint density at radius 2 is 1.80 bits per heavy atom. The van der Waals surface area contributed by atoms with E-state index >= 15 is 0 Å². The van der Waals surface area contributed by atoms with Crippen molar-refractivity contribution >= 4 is 0 Å². The topological polar surface area (TPSA) is 43.8 Å². The number of aromatic nitrogens is 2. The number of halogens is 3. The van der Waals surface area contributed by atoms with Gasteiger partial charge >= 0.3 is 6.18 Å². The van der Waals surface area contributed by atoms with Crippen molar-refractivity contribution in [2.75, 3.05) is 6.54 Å². The van der Waals surface area contributed by atoms with E-state index in [0.717, 1.165) is 29.1 Å². The van der Waals surface area contributed by atoms with Gasteiger partial charge in [-0.2, -0.15) is 18.3 Å². The maximum absolute atomic E-state index is 12.6. The standard InChI is InChI=1S/C14H16F3N3/c1-9-12(7-8-18)13(20(2)19-9)10-3-5-11(6-4-10)14(15,16)17/h3-6H,7-8,18H2,1-2H3. The molecule has 0 unspecified atom stereocenters. The summed E-state index contributed by atoms with van der Waals surface area (Å²) in [6.45, 7) is 2.35. The van der Waals surface area contributed by atoms with Crippen molar-refractivity contribution in [1.29, 1.82) is 0 Å². The highest BCUT2D eigenvalue weighted by molar-refractivity contribution is 5.65. The summed E-state index contributed by atoms with van der Waals surface area (Å²) in [6, 6.07) is 5.12. The number of benzene rings is 1. The first kappa shape index (κ1) is 14.6. The molecule has 2 aromatic rings. The van der Waals surface area contributed by atoms with E-state index in [0.29, 0.717) is 18.5 Å². The monoisotopic (exact) mass is 283 g/mol. The fourth-order valence-electron chi connectivity index (χ4n) is 2.32. The van der Waals surface area contributed by atoms with Gasteiger partial charge in [-0.3, -0.25) is 4.68 Å². The quantitative estimate of drug-likeness (QED) is 0.941. The first-order valence-corrected chi connectivity index (χ1v) is 6.24. The van der Waals surface area contributed by atoms with Gasteiger partial charge in [0.25, 0.3) is 0 Å². The van der Waals surface area contributed by atoms with Crippen LogP contribution in [0.4, 0.5) is 13.2 Å². The molecule has 2 N–H and O–H groups in total. The third kappa shape index (κ3) is 2.70. The number of nitrogens with two attached hydrogens (primary N) is 1. The number of hydrogen-bond acceptors (Lipinski definition) is 2. The fourth-order valence-corrected chi connectivity index (χ4v) is 2.32. The summed E-state index contributed by atoms with van der Waals surface area (Å²) in [4.78, 5) is 0. The molecular formula is C14H16F3N3. The highest BCUT2D eigenvalue weighted by Crippen LogP contribution is 2.32. The Morgan fingerprint density at radius 1 is 1.20 bits per heavy atom. The molecule has 20 heavy (non-hydrogen) atoms. The molecule has 0 spiro atoms. The van der Waals surface area contributed by atoms with Gasteiger partial charge in [-0.25, -0.2) is 0 Å². The third-order valence-electron chi connectivity index (χ3n) is 3.23. The molecule has 1 heterocycles. The molecule has 0 atom stereocenters. The highest BCUT2D eigenvalue weighted by atomic mass is 19.4. The van der Waals surface area contributed by atoms with Gasteiger partial charge in [0, 0.05) is 18.2 Å². The Bertz CT molecular complexity index is 597. The number of hydrogen-bond donors (Lipinski definition) is 1. The molecular weight excluding hydrogens is 267 g/mol. The molecule has 0 saturated heterocycles. The van der Waals surface area contributed by atoms with Gasteiger partial charge in [0.1, 0.15) is 0 Å². The second-order valence-corrected chi connectivity index (χ2v) is 4.65. The van der Waals surface area contributed by atoms with Crippen LogP contribution in [0.25, 0.3) is 11.3 Å². The average Bonchev–Trinajstić information content (AvgIpc) is 2.64. The molecule has 0 amide bonds. The van der Waals surface area contributed by atoms with E-state index in [1.54, 1.807) is 11.7 Å². The third-order valence-corrected chi connectivity index (χ3v) is 3.23. The predicted molar refractivity (Wildman–Crippen MR) is 71.1 cm³/mol. The van der Waals surface area contributed by atoms with Crippen LogP contribution in [-0.4, -0.2) is 16.3 Å². The fraction of sp³-hybridized carbons (Fsp3) is 0.357. The molecule has 0 saturated carbocycles. The zero-order valence-electron chi connectivity index (χ0n) is 11.3. The lowest BCUT2D eigenvalue weighted by atomic mass is 10.0. The predicted octanol–water partition coefficient (Wildman–Crippen LogP) is 2.92. The second-order valence-electron chi connectivity index (χ2n) is 4.65. The summed E-state index contributed by atoms with van der Waals surface area (Å²) in [5.41, 5.74) is 8.30. The van der Waals surface area contributed by atoms with Crippen LogP contribution in [0.15, 0.2) is 24.3 Å². The molecule has 0 fully saturated rings. The Morgan fingerprint density at radius 3 is 2.30 bits per heavy atom. The first-order valence-electron chi connectivity index (χ1n) is 6.24. The van der Waals surface area contributed by atoms with Crippen molar-refractivity contribution in [3.8, 4) is 11.3 Å². The molecule has 2 rings (SSSR count). The van der Waals surface area contributed by atoms with Crippen LogP contribution in [0.3, 0.4) is 0 Å². The SMILES string of the molecule is Cc1nn(C)c(-c2ccc(C(F)(F)F)cc2)c1CCN. The summed E-state index contributed by atoms with van der Waals surface area (Å²) in [7, 11) is 1.78. The maximum Gasteiger partial charge on any atom is 0.416 e. The van der Waals surface area contributed by atoms with Crippen LogP contribution in [-0.2, 0) is 19.6 Å². The van der Waals surface area contributed by atoms with E-state index in [1.807, 2.05) is 6.92 Å². The van der Waals surface area contributed by atoms with Crippen molar-refractivity contribution in [3.63, 3.8) is 0 Å². The van der Waals surface area contributed by atoms with Crippen molar-refractivity contribution in [3.05, 3.63) is 41.1 Å². The molecule has 0 aliphatic heterocycles. The van der Waals surface area contributed by atoms with Crippen LogP contribution in [0, 0.1) is 6.92 Å².